The lowest BCUT2D eigenvalue weighted by Gasteiger charge is -2.34. The van der Waals surface area contributed by atoms with Gasteiger partial charge >= 0.3 is 0 Å². The summed E-state index contributed by atoms with van der Waals surface area (Å²) in [4.78, 5) is 4.15. The number of aromatic nitrogens is 2. The fraction of sp³-hybridized carbons (Fsp3) is 0.524. The number of rotatable bonds is 5. The number of piperazine rings is 1. The highest BCUT2D eigenvalue weighted by atomic mass is 32.2. The van der Waals surface area contributed by atoms with Crippen molar-refractivity contribution in [2.75, 3.05) is 56.2 Å². The van der Waals surface area contributed by atoms with Crippen LogP contribution in [-0.4, -0.2) is 69.3 Å². The normalized spacial score (nSPS) is 18.6. The fourth-order valence-electron chi connectivity index (χ4n) is 4.10. The molecule has 0 saturated carbocycles. The largest absolute Gasteiger partial charge is 0.495 e. The third-order valence-electron chi connectivity index (χ3n) is 5.87. The van der Waals surface area contributed by atoms with E-state index in [-0.39, 0.29) is 23.7 Å². The van der Waals surface area contributed by atoms with Crippen molar-refractivity contribution in [3.8, 4) is 5.75 Å². The smallest absolute Gasteiger partial charge is 0.246 e. The average molecular weight is 450 g/mol. The first-order valence-electron chi connectivity index (χ1n) is 10.7. The zero-order valence-corrected chi connectivity index (χ0v) is 18.5. The standard InChI is InChI=1S/C21H28FN5O3S/c1-30-18-7-6-17(22)16-19(18)31(28,29)27-14-12-26(13-15-27)21-9-8-20(23-24-21)25-10-4-2-3-5-11-25/h6-9,16H,2-5,10-15H2,1H3. The van der Waals surface area contributed by atoms with E-state index in [2.05, 4.69) is 15.1 Å². The predicted octanol–water partition coefficient (Wildman–Crippen LogP) is 2.52. The van der Waals surface area contributed by atoms with Crippen molar-refractivity contribution in [3.05, 3.63) is 36.1 Å². The van der Waals surface area contributed by atoms with Gasteiger partial charge in [-0.1, -0.05) is 12.8 Å². The second-order valence-corrected chi connectivity index (χ2v) is 9.74. The Morgan fingerprint density at radius 3 is 1.97 bits per heavy atom. The van der Waals surface area contributed by atoms with Gasteiger partial charge in [-0.25, -0.2) is 12.8 Å². The van der Waals surface area contributed by atoms with E-state index in [9.17, 15) is 12.8 Å². The van der Waals surface area contributed by atoms with Crippen molar-refractivity contribution in [1.82, 2.24) is 14.5 Å². The van der Waals surface area contributed by atoms with Gasteiger partial charge in [0.05, 0.1) is 7.11 Å². The topological polar surface area (TPSA) is 78.9 Å². The molecule has 2 fully saturated rings. The van der Waals surface area contributed by atoms with Crippen LogP contribution in [0.2, 0.25) is 0 Å². The summed E-state index contributed by atoms with van der Waals surface area (Å²) in [6, 6.07) is 7.47. The number of anilines is 2. The van der Waals surface area contributed by atoms with E-state index in [0.717, 1.165) is 30.8 Å². The number of methoxy groups -OCH3 is 1. The van der Waals surface area contributed by atoms with Crippen LogP contribution >= 0.6 is 0 Å². The highest BCUT2D eigenvalue weighted by Crippen LogP contribution is 2.28. The Kier molecular flexibility index (Phi) is 6.57. The highest BCUT2D eigenvalue weighted by molar-refractivity contribution is 7.89. The van der Waals surface area contributed by atoms with E-state index in [0.29, 0.717) is 13.1 Å². The zero-order chi connectivity index (χ0) is 21.8. The van der Waals surface area contributed by atoms with Crippen molar-refractivity contribution in [2.24, 2.45) is 0 Å². The SMILES string of the molecule is COc1ccc(F)cc1S(=O)(=O)N1CCN(c2ccc(N3CCCCCC3)nn2)CC1. The molecule has 0 unspecified atom stereocenters. The number of hydrogen-bond donors (Lipinski definition) is 0. The molecule has 0 bridgehead atoms. The Morgan fingerprint density at radius 1 is 0.839 bits per heavy atom. The van der Waals surface area contributed by atoms with Crippen LogP contribution in [0.5, 0.6) is 5.75 Å². The Balaban J connectivity index is 1.42. The number of halogens is 1. The molecule has 3 heterocycles. The van der Waals surface area contributed by atoms with Gasteiger partial charge in [0.2, 0.25) is 10.0 Å². The Morgan fingerprint density at radius 2 is 1.42 bits per heavy atom. The van der Waals surface area contributed by atoms with Crippen LogP contribution in [0.4, 0.5) is 16.0 Å². The summed E-state index contributed by atoms with van der Waals surface area (Å²) >= 11 is 0. The molecule has 0 amide bonds. The number of nitrogens with zero attached hydrogens (tertiary/aromatic N) is 5. The van der Waals surface area contributed by atoms with Gasteiger partial charge in [0.15, 0.2) is 11.6 Å². The summed E-state index contributed by atoms with van der Waals surface area (Å²) in [6.07, 6.45) is 4.87. The number of sulfonamides is 1. The van der Waals surface area contributed by atoms with Crippen molar-refractivity contribution < 1.29 is 17.5 Å². The van der Waals surface area contributed by atoms with Crippen LogP contribution in [0.15, 0.2) is 35.2 Å². The second-order valence-electron chi connectivity index (χ2n) is 7.84. The molecule has 2 aliphatic heterocycles. The molecule has 2 saturated heterocycles. The molecule has 0 spiro atoms. The maximum Gasteiger partial charge on any atom is 0.246 e. The van der Waals surface area contributed by atoms with E-state index in [1.807, 2.05) is 17.0 Å². The maximum atomic E-state index is 13.7. The van der Waals surface area contributed by atoms with Gasteiger partial charge in [0, 0.05) is 39.3 Å². The minimum Gasteiger partial charge on any atom is -0.495 e. The van der Waals surface area contributed by atoms with E-state index < -0.39 is 15.8 Å². The summed E-state index contributed by atoms with van der Waals surface area (Å²) < 4.78 is 46.3. The third-order valence-corrected chi connectivity index (χ3v) is 7.79. The molecule has 0 radical (unpaired) electrons. The van der Waals surface area contributed by atoms with E-state index >= 15 is 0 Å². The van der Waals surface area contributed by atoms with Gasteiger partial charge in [-0.05, 0) is 43.2 Å². The molecule has 8 nitrogen and oxygen atoms in total. The first-order valence-corrected chi connectivity index (χ1v) is 12.1. The van der Waals surface area contributed by atoms with Gasteiger partial charge in [0.25, 0.3) is 0 Å². The molecule has 2 aromatic rings. The van der Waals surface area contributed by atoms with Crippen LogP contribution in [0.1, 0.15) is 25.7 Å². The number of benzene rings is 1. The molecule has 168 valence electrons. The lowest BCUT2D eigenvalue weighted by Crippen LogP contribution is -2.49. The van der Waals surface area contributed by atoms with Crippen molar-refractivity contribution >= 4 is 21.7 Å². The lowest BCUT2D eigenvalue weighted by atomic mass is 10.2. The molecule has 31 heavy (non-hydrogen) atoms. The summed E-state index contributed by atoms with van der Waals surface area (Å²) in [6.45, 7) is 3.53. The molecule has 10 heteroatoms. The lowest BCUT2D eigenvalue weighted by molar-refractivity contribution is 0.372. The van der Waals surface area contributed by atoms with Crippen molar-refractivity contribution in [1.29, 1.82) is 0 Å². The van der Waals surface area contributed by atoms with Crippen LogP contribution in [0, 0.1) is 5.82 Å². The summed E-state index contributed by atoms with van der Waals surface area (Å²) in [5.74, 6) is 1.15. The van der Waals surface area contributed by atoms with Gasteiger partial charge in [-0.3, -0.25) is 0 Å². The molecule has 1 aromatic heterocycles. The molecular weight excluding hydrogens is 421 g/mol. The monoisotopic (exact) mass is 449 g/mol. The van der Waals surface area contributed by atoms with Crippen LogP contribution in [-0.2, 0) is 10.0 Å². The van der Waals surface area contributed by atoms with Crippen molar-refractivity contribution in [3.63, 3.8) is 0 Å². The van der Waals surface area contributed by atoms with E-state index in [1.165, 1.54) is 49.2 Å². The Labute approximate surface area is 182 Å². The van der Waals surface area contributed by atoms with Gasteiger partial charge in [-0.15, -0.1) is 10.2 Å². The molecule has 0 N–H and O–H groups in total. The second kappa shape index (κ2) is 9.35. The summed E-state index contributed by atoms with van der Waals surface area (Å²) in [5, 5.41) is 8.80. The predicted molar refractivity (Wildman–Crippen MR) is 117 cm³/mol. The van der Waals surface area contributed by atoms with E-state index in [1.54, 1.807) is 0 Å². The zero-order valence-electron chi connectivity index (χ0n) is 17.7. The quantitative estimate of drug-likeness (QED) is 0.694. The molecule has 4 rings (SSSR count). The maximum absolute atomic E-state index is 13.7. The van der Waals surface area contributed by atoms with E-state index in [4.69, 9.17) is 4.74 Å². The first kappa shape index (κ1) is 21.8. The summed E-state index contributed by atoms with van der Waals surface area (Å²) in [5.41, 5.74) is 0. The average Bonchev–Trinajstić information content (AvgIpc) is 3.09. The molecule has 0 aliphatic carbocycles. The first-order chi connectivity index (χ1) is 15.0. The molecular formula is C21H28FN5O3S. The Hall–Kier alpha value is -2.46. The minimum atomic E-state index is -3.86. The number of hydrogen-bond acceptors (Lipinski definition) is 7. The summed E-state index contributed by atoms with van der Waals surface area (Å²) in [7, 11) is -2.49. The highest BCUT2D eigenvalue weighted by Gasteiger charge is 2.31. The minimum absolute atomic E-state index is 0.138. The van der Waals surface area contributed by atoms with Gasteiger partial charge < -0.3 is 14.5 Å². The van der Waals surface area contributed by atoms with Crippen LogP contribution in [0.3, 0.4) is 0 Å². The number of ether oxygens (including phenoxy) is 1. The van der Waals surface area contributed by atoms with Gasteiger partial charge in [0.1, 0.15) is 16.5 Å². The fourth-order valence-corrected chi connectivity index (χ4v) is 5.69. The third kappa shape index (κ3) is 4.74. The molecule has 0 atom stereocenters. The van der Waals surface area contributed by atoms with Crippen molar-refractivity contribution in [2.45, 2.75) is 30.6 Å². The molecule has 2 aliphatic rings. The van der Waals surface area contributed by atoms with Crippen LogP contribution in [0.25, 0.3) is 0 Å². The van der Waals surface area contributed by atoms with Crippen LogP contribution < -0.4 is 14.5 Å². The molecule has 1 aromatic carbocycles. The Bertz CT molecular complexity index is 987. The van der Waals surface area contributed by atoms with Gasteiger partial charge in [-0.2, -0.15) is 4.31 Å².